The van der Waals surface area contributed by atoms with Gasteiger partial charge in [0.1, 0.15) is 0 Å². The lowest BCUT2D eigenvalue weighted by Crippen LogP contribution is -2.27. The van der Waals surface area contributed by atoms with Crippen molar-refractivity contribution in [1.82, 2.24) is 9.88 Å². The van der Waals surface area contributed by atoms with Crippen molar-refractivity contribution in [3.63, 3.8) is 0 Å². The second-order valence-corrected chi connectivity index (χ2v) is 7.30. The monoisotopic (exact) mass is 350 g/mol. The summed E-state index contributed by atoms with van der Waals surface area (Å²) in [6, 6.07) is 23.7. The van der Waals surface area contributed by atoms with Crippen LogP contribution in [-0.2, 0) is 0 Å². The maximum Gasteiger partial charge on any atom is 0.0705 e. The molecule has 3 aromatic rings. The zero-order valence-electron chi connectivity index (χ0n) is 15.1. The second-order valence-electron chi connectivity index (χ2n) is 7.30. The van der Waals surface area contributed by atoms with Crippen LogP contribution in [0.4, 0.5) is 0 Å². The van der Waals surface area contributed by atoms with E-state index in [9.17, 15) is 0 Å². The normalized spacial score (nSPS) is 24.0. The third-order valence-electron chi connectivity index (χ3n) is 5.63. The predicted molar refractivity (Wildman–Crippen MR) is 112 cm³/mol. The lowest BCUT2D eigenvalue weighted by atomic mass is 9.86. The van der Waals surface area contributed by atoms with Crippen LogP contribution < -0.4 is 0 Å². The molecule has 0 saturated carbocycles. The lowest BCUT2D eigenvalue weighted by Gasteiger charge is -2.26. The van der Waals surface area contributed by atoms with E-state index in [1.165, 1.54) is 16.6 Å². The van der Waals surface area contributed by atoms with Gasteiger partial charge >= 0.3 is 0 Å². The summed E-state index contributed by atoms with van der Waals surface area (Å²) in [6.45, 7) is 1.02. The first kappa shape index (κ1) is 16.1. The highest BCUT2D eigenvalue weighted by atomic mass is 15.2. The van der Waals surface area contributed by atoms with Gasteiger partial charge in [-0.15, -0.1) is 0 Å². The summed E-state index contributed by atoms with van der Waals surface area (Å²) in [7, 11) is 0. The van der Waals surface area contributed by atoms with Gasteiger partial charge in [0.25, 0.3) is 0 Å². The Balaban J connectivity index is 1.53. The van der Waals surface area contributed by atoms with E-state index in [4.69, 9.17) is 4.98 Å². The lowest BCUT2D eigenvalue weighted by molar-refractivity contribution is 0.381. The van der Waals surface area contributed by atoms with Gasteiger partial charge in [-0.05, 0) is 30.0 Å². The Labute approximate surface area is 160 Å². The molecule has 2 nitrogen and oxygen atoms in total. The van der Waals surface area contributed by atoms with Crippen LogP contribution in [0, 0.1) is 5.92 Å². The number of benzene rings is 2. The quantitative estimate of drug-likeness (QED) is 0.627. The summed E-state index contributed by atoms with van der Waals surface area (Å²) in [5.41, 5.74) is 3.51. The number of allylic oxidation sites excluding steroid dienone is 2. The Morgan fingerprint density at radius 3 is 2.67 bits per heavy atom. The molecule has 3 heterocycles. The first-order valence-corrected chi connectivity index (χ1v) is 9.58. The van der Waals surface area contributed by atoms with Crippen molar-refractivity contribution in [3.8, 4) is 0 Å². The van der Waals surface area contributed by atoms with Crippen molar-refractivity contribution in [2.45, 2.75) is 12.0 Å². The maximum atomic E-state index is 5.03. The molecular formula is C25H22N2. The number of pyridine rings is 1. The molecule has 1 saturated heterocycles. The number of aromatic nitrogens is 1. The first-order chi connectivity index (χ1) is 13.4. The second kappa shape index (κ2) is 6.88. The zero-order valence-corrected chi connectivity index (χ0v) is 15.1. The fourth-order valence-electron chi connectivity index (χ4n) is 4.31. The molecule has 1 fully saturated rings. The fraction of sp³-hybridized carbons (Fsp3) is 0.160. The number of hydrogen-bond donors (Lipinski definition) is 0. The molecule has 132 valence electrons. The molecule has 0 spiro atoms. The van der Waals surface area contributed by atoms with Gasteiger partial charge in [-0.2, -0.15) is 0 Å². The SMILES string of the molecule is C1=CC2C(c3ccc4ccccc4n3)C(C=Cc3ccccc3)CN2C=C1. The van der Waals surface area contributed by atoms with E-state index in [-0.39, 0.29) is 0 Å². The summed E-state index contributed by atoms with van der Waals surface area (Å²) in [5.74, 6) is 0.784. The smallest absolute Gasteiger partial charge is 0.0705 e. The highest BCUT2D eigenvalue weighted by Gasteiger charge is 2.40. The summed E-state index contributed by atoms with van der Waals surface area (Å²) < 4.78 is 0. The number of rotatable bonds is 3. The van der Waals surface area contributed by atoms with Crippen molar-refractivity contribution in [3.05, 3.63) is 108 Å². The molecule has 0 amide bonds. The minimum atomic E-state index is 0.357. The van der Waals surface area contributed by atoms with E-state index >= 15 is 0 Å². The van der Waals surface area contributed by atoms with Crippen LogP contribution in [0.2, 0.25) is 0 Å². The molecular weight excluding hydrogens is 328 g/mol. The van der Waals surface area contributed by atoms with E-state index in [1.54, 1.807) is 0 Å². The Hall–Kier alpha value is -3.13. The molecule has 2 aromatic carbocycles. The van der Waals surface area contributed by atoms with Crippen molar-refractivity contribution >= 4 is 17.0 Å². The molecule has 27 heavy (non-hydrogen) atoms. The highest BCUT2D eigenvalue weighted by Crippen LogP contribution is 2.40. The maximum absolute atomic E-state index is 5.03. The zero-order chi connectivity index (χ0) is 18.1. The van der Waals surface area contributed by atoms with E-state index in [2.05, 4.69) is 108 Å². The number of fused-ring (bicyclic) bond motifs is 2. The fourth-order valence-corrected chi connectivity index (χ4v) is 4.31. The molecule has 2 aliphatic heterocycles. The first-order valence-electron chi connectivity index (χ1n) is 9.58. The molecule has 3 unspecified atom stereocenters. The van der Waals surface area contributed by atoms with Crippen molar-refractivity contribution in [2.75, 3.05) is 6.54 Å². The number of nitrogens with zero attached hydrogens (tertiary/aromatic N) is 2. The number of para-hydroxylation sites is 1. The molecule has 3 atom stereocenters. The van der Waals surface area contributed by atoms with E-state index in [0.29, 0.717) is 17.9 Å². The predicted octanol–water partition coefficient (Wildman–Crippen LogP) is 5.42. The molecule has 2 heteroatoms. The van der Waals surface area contributed by atoms with Crippen LogP contribution in [0.1, 0.15) is 17.2 Å². The molecule has 0 aliphatic carbocycles. The molecule has 2 aliphatic rings. The Kier molecular flexibility index (Phi) is 4.10. The third kappa shape index (κ3) is 3.08. The molecule has 0 bridgehead atoms. The Bertz CT molecular complexity index is 1030. The van der Waals surface area contributed by atoms with Crippen LogP contribution in [0.15, 0.2) is 97.2 Å². The van der Waals surface area contributed by atoms with Crippen molar-refractivity contribution in [1.29, 1.82) is 0 Å². The minimum Gasteiger partial charge on any atom is -0.370 e. The van der Waals surface area contributed by atoms with Crippen LogP contribution in [0.3, 0.4) is 0 Å². The van der Waals surface area contributed by atoms with Gasteiger partial charge < -0.3 is 4.90 Å². The van der Waals surface area contributed by atoms with Crippen LogP contribution in [0.25, 0.3) is 17.0 Å². The topological polar surface area (TPSA) is 16.1 Å². The minimum absolute atomic E-state index is 0.357. The largest absolute Gasteiger partial charge is 0.370 e. The van der Waals surface area contributed by atoms with Gasteiger partial charge in [-0.1, -0.05) is 78.9 Å². The highest BCUT2D eigenvalue weighted by molar-refractivity contribution is 5.78. The van der Waals surface area contributed by atoms with Crippen molar-refractivity contribution < 1.29 is 0 Å². The summed E-state index contributed by atoms with van der Waals surface area (Å²) in [5, 5.41) is 1.20. The average molecular weight is 350 g/mol. The number of hydrogen-bond acceptors (Lipinski definition) is 2. The Morgan fingerprint density at radius 1 is 0.889 bits per heavy atom. The van der Waals surface area contributed by atoms with Gasteiger partial charge in [-0.3, -0.25) is 4.98 Å². The Morgan fingerprint density at radius 2 is 1.74 bits per heavy atom. The van der Waals surface area contributed by atoms with Gasteiger partial charge in [-0.25, -0.2) is 0 Å². The molecule has 5 rings (SSSR count). The van der Waals surface area contributed by atoms with Gasteiger partial charge in [0.2, 0.25) is 0 Å². The average Bonchev–Trinajstić information content (AvgIpc) is 3.11. The van der Waals surface area contributed by atoms with E-state index in [1.807, 2.05) is 0 Å². The molecule has 0 radical (unpaired) electrons. The van der Waals surface area contributed by atoms with Crippen LogP contribution in [-0.4, -0.2) is 22.5 Å². The van der Waals surface area contributed by atoms with Gasteiger partial charge in [0.05, 0.1) is 11.6 Å². The summed E-state index contributed by atoms with van der Waals surface area (Å²) >= 11 is 0. The van der Waals surface area contributed by atoms with Gasteiger partial charge in [0, 0.05) is 29.5 Å². The van der Waals surface area contributed by atoms with Crippen LogP contribution >= 0.6 is 0 Å². The van der Waals surface area contributed by atoms with E-state index < -0.39 is 0 Å². The van der Waals surface area contributed by atoms with E-state index in [0.717, 1.165) is 12.1 Å². The third-order valence-corrected chi connectivity index (χ3v) is 5.63. The van der Waals surface area contributed by atoms with Crippen LogP contribution in [0.5, 0.6) is 0 Å². The molecule has 1 aromatic heterocycles. The van der Waals surface area contributed by atoms with Crippen molar-refractivity contribution in [2.24, 2.45) is 5.92 Å². The van der Waals surface area contributed by atoms with Gasteiger partial charge in [0.15, 0.2) is 0 Å². The summed E-state index contributed by atoms with van der Waals surface area (Å²) in [6.07, 6.45) is 13.5. The standard InChI is InChI=1S/C25H22N2/c1-2-8-19(9-3-1)13-14-21-18-27-17-7-6-12-24(27)25(21)23-16-15-20-10-4-5-11-22(20)26-23/h1-17,21,24-25H,18H2. The summed E-state index contributed by atoms with van der Waals surface area (Å²) in [4.78, 5) is 7.48. The molecule has 0 N–H and O–H groups in total.